The number of aromatic nitrogens is 1. The van der Waals surface area contributed by atoms with Crippen molar-refractivity contribution in [1.29, 1.82) is 0 Å². The van der Waals surface area contributed by atoms with Crippen molar-refractivity contribution in [2.75, 3.05) is 24.5 Å². The molecule has 0 aliphatic carbocycles. The van der Waals surface area contributed by atoms with Crippen molar-refractivity contribution in [3.63, 3.8) is 0 Å². The first-order valence-corrected chi connectivity index (χ1v) is 10.4. The molecule has 0 bridgehead atoms. The first-order chi connectivity index (χ1) is 14.6. The number of carbonyl (C=O) groups is 3. The molecule has 1 N–H and O–H groups in total. The molecule has 1 unspecified atom stereocenters. The lowest BCUT2D eigenvalue weighted by atomic mass is 9.78. The molecule has 166 valence electrons. The van der Waals surface area contributed by atoms with E-state index in [9.17, 15) is 22.8 Å². The molecule has 1 spiro atoms. The van der Waals surface area contributed by atoms with E-state index in [4.69, 9.17) is 9.90 Å². The quantitative estimate of drug-likeness (QED) is 0.749. The molecular formula is C20H20F3N3O4S. The lowest BCUT2D eigenvalue weighted by molar-refractivity contribution is -0.192. The molecule has 2 aromatic heterocycles. The lowest BCUT2D eigenvalue weighted by Crippen LogP contribution is -2.50. The fraction of sp³-hybridized carbons (Fsp3) is 0.400. The number of aliphatic carboxylic acids is 1. The van der Waals surface area contributed by atoms with E-state index in [1.54, 1.807) is 34.6 Å². The van der Waals surface area contributed by atoms with E-state index in [1.165, 1.54) is 0 Å². The maximum atomic E-state index is 13.1. The van der Waals surface area contributed by atoms with Gasteiger partial charge >= 0.3 is 12.1 Å². The van der Waals surface area contributed by atoms with Crippen molar-refractivity contribution < 1.29 is 32.7 Å². The number of carboxylic acids is 1. The largest absolute Gasteiger partial charge is 0.490 e. The maximum Gasteiger partial charge on any atom is 0.490 e. The molecule has 2 aliphatic rings. The van der Waals surface area contributed by atoms with Crippen LogP contribution in [-0.2, 0) is 9.59 Å². The van der Waals surface area contributed by atoms with Gasteiger partial charge in [-0.3, -0.25) is 14.6 Å². The zero-order chi connectivity index (χ0) is 22.6. The highest BCUT2D eigenvalue weighted by molar-refractivity contribution is 7.08. The Morgan fingerprint density at radius 2 is 1.90 bits per heavy atom. The molecule has 2 aliphatic heterocycles. The van der Waals surface area contributed by atoms with Crippen LogP contribution in [0, 0.1) is 5.41 Å². The number of hydrogen-bond donors (Lipinski definition) is 1. The van der Waals surface area contributed by atoms with Crippen LogP contribution in [0.1, 0.15) is 29.8 Å². The van der Waals surface area contributed by atoms with Gasteiger partial charge in [0.15, 0.2) is 0 Å². The summed E-state index contributed by atoms with van der Waals surface area (Å²) in [4.78, 5) is 42.5. The standard InChI is InChI=1S/C18H19N3O2S.C2HF3O2/c22-16(15-4-1-2-8-19-15)20-9-3-6-18(13-20)7-10-21(17(18)23)14-5-11-24-12-14;3-2(4,5)1(6)7/h1-2,4-5,8,11-12H,3,6-7,9-10,13H2;(H,6,7). The number of halogens is 3. The first kappa shape index (κ1) is 22.7. The van der Waals surface area contributed by atoms with Crippen molar-refractivity contribution in [1.82, 2.24) is 9.88 Å². The minimum absolute atomic E-state index is 0.0727. The minimum Gasteiger partial charge on any atom is -0.475 e. The summed E-state index contributed by atoms with van der Waals surface area (Å²) in [5, 5.41) is 11.1. The van der Waals surface area contributed by atoms with Crippen LogP contribution in [0.2, 0.25) is 0 Å². The van der Waals surface area contributed by atoms with E-state index in [0.29, 0.717) is 18.8 Å². The number of pyridine rings is 1. The number of alkyl halides is 3. The number of piperidine rings is 1. The molecule has 4 heterocycles. The van der Waals surface area contributed by atoms with Gasteiger partial charge in [-0.25, -0.2) is 4.79 Å². The van der Waals surface area contributed by atoms with Gasteiger partial charge in [-0.05, 0) is 42.8 Å². The number of thiophene rings is 1. The first-order valence-electron chi connectivity index (χ1n) is 9.49. The van der Waals surface area contributed by atoms with Gasteiger partial charge in [0.1, 0.15) is 5.69 Å². The van der Waals surface area contributed by atoms with Crippen LogP contribution >= 0.6 is 11.3 Å². The highest BCUT2D eigenvalue weighted by atomic mass is 32.1. The highest BCUT2D eigenvalue weighted by Crippen LogP contribution is 2.42. The fourth-order valence-electron chi connectivity index (χ4n) is 3.81. The second-order valence-electron chi connectivity index (χ2n) is 7.32. The third-order valence-corrected chi connectivity index (χ3v) is 5.99. The third kappa shape index (κ3) is 5.04. The van der Waals surface area contributed by atoms with Crippen molar-refractivity contribution >= 4 is 34.8 Å². The molecule has 4 rings (SSSR count). The monoisotopic (exact) mass is 455 g/mol. The Labute approximate surface area is 180 Å². The summed E-state index contributed by atoms with van der Waals surface area (Å²) in [6.07, 6.45) is -0.917. The Hall–Kier alpha value is -2.95. The third-order valence-electron chi connectivity index (χ3n) is 5.32. The molecule has 0 saturated carbocycles. The molecule has 2 saturated heterocycles. The Bertz CT molecular complexity index is 937. The van der Waals surface area contributed by atoms with E-state index >= 15 is 0 Å². The van der Waals surface area contributed by atoms with Crippen LogP contribution in [0.5, 0.6) is 0 Å². The normalized spacial score (nSPS) is 21.1. The topological polar surface area (TPSA) is 90.8 Å². The van der Waals surface area contributed by atoms with E-state index in [-0.39, 0.29) is 11.8 Å². The Morgan fingerprint density at radius 1 is 1.16 bits per heavy atom. The zero-order valence-corrected chi connectivity index (χ0v) is 17.2. The van der Waals surface area contributed by atoms with Gasteiger partial charge in [0.2, 0.25) is 5.91 Å². The maximum absolute atomic E-state index is 13.1. The molecule has 0 radical (unpaired) electrons. The van der Waals surface area contributed by atoms with E-state index in [0.717, 1.165) is 31.5 Å². The number of carboxylic acid groups (broad SMARTS) is 1. The summed E-state index contributed by atoms with van der Waals surface area (Å²) in [5.41, 5.74) is 1.01. The van der Waals surface area contributed by atoms with Crippen LogP contribution in [-0.4, -0.2) is 58.6 Å². The van der Waals surface area contributed by atoms with Gasteiger partial charge in [0, 0.05) is 31.2 Å². The van der Waals surface area contributed by atoms with Gasteiger partial charge < -0.3 is 14.9 Å². The van der Waals surface area contributed by atoms with Crippen LogP contribution in [0.15, 0.2) is 41.2 Å². The number of rotatable bonds is 2. The van der Waals surface area contributed by atoms with Gasteiger partial charge in [-0.2, -0.15) is 24.5 Å². The summed E-state index contributed by atoms with van der Waals surface area (Å²) < 4.78 is 31.7. The smallest absolute Gasteiger partial charge is 0.475 e. The number of hydrogen-bond acceptors (Lipinski definition) is 5. The number of likely N-dealkylation sites (tertiary alicyclic amines) is 1. The predicted octanol–water partition coefficient (Wildman–Crippen LogP) is 3.44. The van der Waals surface area contributed by atoms with Gasteiger partial charge in [-0.1, -0.05) is 6.07 Å². The van der Waals surface area contributed by atoms with Crippen LogP contribution in [0.3, 0.4) is 0 Å². The number of anilines is 1. The van der Waals surface area contributed by atoms with Crippen molar-refractivity contribution in [3.05, 3.63) is 46.9 Å². The predicted molar refractivity (Wildman–Crippen MR) is 107 cm³/mol. The number of amides is 2. The molecule has 11 heteroatoms. The van der Waals surface area contributed by atoms with Crippen molar-refractivity contribution in [2.24, 2.45) is 5.41 Å². The second-order valence-corrected chi connectivity index (χ2v) is 8.10. The minimum atomic E-state index is -5.08. The van der Waals surface area contributed by atoms with Crippen LogP contribution in [0.25, 0.3) is 0 Å². The summed E-state index contributed by atoms with van der Waals surface area (Å²) in [6.45, 7) is 1.94. The molecule has 31 heavy (non-hydrogen) atoms. The molecule has 1 atom stereocenters. The van der Waals surface area contributed by atoms with Gasteiger partial charge in [0.05, 0.1) is 11.1 Å². The van der Waals surface area contributed by atoms with Gasteiger partial charge in [0.25, 0.3) is 5.91 Å². The van der Waals surface area contributed by atoms with Crippen molar-refractivity contribution in [2.45, 2.75) is 25.4 Å². The Balaban J connectivity index is 0.000000339. The van der Waals surface area contributed by atoms with E-state index < -0.39 is 17.6 Å². The molecular weight excluding hydrogens is 435 g/mol. The summed E-state index contributed by atoms with van der Waals surface area (Å²) in [6, 6.07) is 7.34. The second kappa shape index (κ2) is 9.04. The summed E-state index contributed by atoms with van der Waals surface area (Å²) in [7, 11) is 0. The van der Waals surface area contributed by atoms with Gasteiger partial charge in [-0.15, -0.1) is 0 Å². The summed E-state index contributed by atoms with van der Waals surface area (Å²) >= 11 is 1.60. The number of carbonyl (C=O) groups excluding carboxylic acids is 2. The SMILES string of the molecule is O=C(O)C(F)(F)F.O=C(c1ccccn1)N1CCCC2(CCN(c3ccsc3)C2=O)C1. The van der Waals surface area contributed by atoms with E-state index in [1.807, 2.05) is 27.8 Å². The molecule has 0 aromatic carbocycles. The Morgan fingerprint density at radius 3 is 2.48 bits per heavy atom. The average Bonchev–Trinajstić information content (AvgIpc) is 3.37. The highest BCUT2D eigenvalue weighted by Gasteiger charge is 2.50. The number of nitrogens with zero attached hydrogens (tertiary/aromatic N) is 3. The molecule has 2 fully saturated rings. The average molecular weight is 455 g/mol. The lowest BCUT2D eigenvalue weighted by Gasteiger charge is -2.38. The summed E-state index contributed by atoms with van der Waals surface area (Å²) in [5.74, 6) is -2.66. The molecule has 2 aromatic rings. The molecule has 7 nitrogen and oxygen atoms in total. The Kier molecular flexibility index (Phi) is 6.63. The van der Waals surface area contributed by atoms with E-state index in [2.05, 4.69) is 4.98 Å². The molecule has 2 amide bonds. The fourth-order valence-corrected chi connectivity index (χ4v) is 4.45. The van der Waals surface area contributed by atoms with Crippen LogP contribution < -0.4 is 4.90 Å². The zero-order valence-electron chi connectivity index (χ0n) is 16.3. The van der Waals surface area contributed by atoms with Crippen LogP contribution in [0.4, 0.5) is 18.9 Å². The van der Waals surface area contributed by atoms with Crippen molar-refractivity contribution in [3.8, 4) is 0 Å².